The molecule has 1 unspecified atom stereocenters. The van der Waals surface area contributed by atoms with E-state index in [0.29, 0.717) is 23.1 Å². The van der Waals surface area contributed by atoms with Crippen molar-refractivity contribution in [2.45, 2.75) is 25.9 Å². The van der Waals surface area contributed by atoms with E-state index in [-0.39, 0.29) is 28.2 Å². The van der Waals surface area contributed by atoms with Crippen LogP contribution in [-0.2, 0) is 0 Å². The van der Waals surface area contributed by atoms with Gasteiger partial charge in [0.05, 0.1) is 11.7 Å². The highest BCUT2D eigenvalue weighted by molar-refractivity contribution is 5.91. The Morgan fingerprint density at radius 1 is 0.833 bits per heavy atom. The van der Waals surface area contributed by atoms with Crippen molar-refractivity contribution < 1.29 is 32.9 Å². The minimum absolute atomic E-state index is 0.00994. The number of carbonyl (C=O) groups excluding carboxylic acids is 1. The molecule has 0 saturated carbocycles. The molecule has 0 aliphatic rings. The lowest BCUT2D eigenvalue weighted by molar-refractivity contribution is 0.0727. The number of carbonyl (C=O) groups is 1. The quantitative estimate of drug-likeness (QED) is 0.212. The fourth-order valence-electron chi connectivity index (χ4n) is 3.84. The van der Waals surface area contributed by atoms with Crippen LogP contribution in [0, 0.1) is 17.5 Å². The molecule has 0 aliphatic carbocycles. The summed E-state index contributed by atoms with van der Waals surface area (Å²) in [6.45, 7) is 1.97. The molecule has 4 aromatic rings. The normalized spacial score (nSPS) is 11.8. The molecule has 1 atom stereocenters. The number of rotatable bonds is 7. The minimum Gasteiger partial charge on any atom is -0.508 e. The van der Waals surface area contributed by atoms with E-state index in [2.05, 4.69) is 0 Å². The Morgan fingerprint density at radius 2 is 1.39 bits per heavy atom. The summed E-state index contributed by atoms with van der Waals surface area (Å²) >= 11 is 0. The number of hydrogen-bond donors (Lipinski definition) is 2. The zero-order chi connectivity index (χ0) is 25.8. The van der Waals surface area contributed by atoms with Crippen molar-refractivity contribution in [2.24, 2.45) is 0 Å². The Labute approximate surface area is 206 Å². The average molecular weight is 492 g/mol. The molecule has 4 nitrogen and oxygen atoms in total. The Kier molecular flexibility index (Phi) is 7.41. The van der Waals surface area contributed by atoms with Gasteiger partial charge in [-0.2, -0.15) is 0 Å². The molecule has 0 heterocycles. The van der Waals surface area contributed by atoms with Gasteiger partial charge >= 0.3 is 5.97 Å². The zero-order valence-corrected chi connectivity index (χ0v) is 19.3. The molecule has 0 saturated heterocycles. The first-order chi connectivity index (χ1) is 17.3. The second-order valence-corrected chi connectivity index (χ2v) is 8.30. The van der Waals surface area contributed by atoms with Gasteiger partial charge in [-0.3, -0.25) is 0 Å². The second-order valence-electron chi connectivity index (χ2n) is 8.30. The smallest absolute Gasteiger partial charge is 0.343 e. The second kappa shape index (κ2) is 10.7. The molecule has 0 amide bonds. The summed E-state index contributed by atoms with van der Waals surface area (Å²) in [7, 11) is 0. The summed E-state index contributed by atoms with van der Waals surface area (Å²) in [6, 6.07) is 18.3. The van der Waals surface area contributed by atoms with Crippen molar-refractivity contribution in [1.82, 2.24) is 0 Å². The summed E-state index contributed by atoms with van der Waals surface area (Å²) in [5.74, 6) is -4.45. The fourth-order valence-corrected chi connectivity index (χ4v) is 3.84. The van der Waals surface area contributed by atoms with Gasteiger partial charge in [-0.1, -0.05) is 61.9 Å². The maximum absolute atomic E-state index is 15.0. The van der Waals surface area contributed by atoms with Crippen molar-refractivity contribution in [3.05, 3.63) is 107 Å². The summed E-state index contributed by atoms with van der Waals surface area (Å²) in [5, 5.41) is 19.4. The van der Waals surface area contributed by atoms with Gasteiger partial charge in [0.2, 0.25) is 0 Å². The highest BCUT2D eigenvalue weighted by Crippen LogP contribution is 2.32. The van der Waals surface area contributed by atoms with Crippen LogP contribution in [0.25, 0.3) is 22.3 Å². The molecule has 0 radical (unpaired) electrons. The molecule has 0 spiro atoms. The number of aromatic hydroxyl groups is 1. The van der Waals surface area contributed by atoms with Gasteiger partial charge in [-0.05, 0) is 47.4 Å². The number of phenolic OH excluding ortho intramolecular Hbond substituents is 1. The lowest BCUT2D eigenvalue weighted by atomic mass is 9.96. The van der Waals surface area contributed by atoms with Crippen LogP contribution in [0.15, 0.2) is 78.9 Å². The van der Waals surface area contributed by atoms with Gasteiger partial charge in [0.15, 0.2) is 23.2 Å². The fraction of sp³-hybridized carbons (Fsp3) is 0.138. The third kappa shape index (κ3) is 5.26. The number of aliphatic hydroxyl groups is 1. The molecular formula is C29H23F3O4. The standard InChI is InChI=1S/C29H23F3O4/c1-2-3-25(34)19-8-4-17(5-9-19)22-13-14-23(28(32)27(22)31)18-6-10-20(11-7-18)29(35)36-26-15-12-21(33)16-24(26)30/h4-16,25,33-34H,2-3H2,1H3. The van der Waals surface area contributed by atoms with Crippen molar-refractivity contribution in [1.29, 1.82) is 0 Å². The molecule has 0 fully saturated rings. The van der Waals surface area contributed by atoms with Crippen LogP contribution < -0.4 is 4.74 Å². The van der Waals surface area contributed by atoms with Crippen molar-refractivity contribution in [3.8, 4) is 33.8 Å². The van der Waals surface area contributed by atoms with Crippen LogP contribution in [-0.4, -0.2) is 16.2 Å². The topological polar surface area (TPSA) is 66.8 Å². The molecule has 0 aliphatic heterocycles. The lowest BCUT2D eigenvalue weighted by Crippen LogP contribution is -2.09. The maximum Gasteiger partial charge on any atom is 0.343 e. The number of halogens is 3. The van der Waals surface area contributed by atoms with Gasteiger partial charge < -0.3 is 14.9 Å². The van der Waals surface area contributed by atoms with Crippen molar-refractivity contribution >= 4 is 5.97 Å². The molecule has 184 valence electrons. The zero-order valence-electron chi connectivity index (χ0n) is 19.3. The third-order valence-electron chi connectivity index (χ3n) is 5.80. The van der Waals surface area contributed by atoms with Crippen LogP contribution in [0.1, 0.15) is 41.8 Å². The first-order valence-electron chi connectivity index (χ1n) is 11.4. The van der Waals surface area contributed by atoms with Gasteiger partial charge in [0.1, 0.15) is 5.75 Å². The summed E-state index contributed by atoms with van der Waals surface area (Å²) in [6.07, 6.45) is 0.832. The van der Waals surface area contributed by atoms with Crippen molar-refractivity contribution in [2.75, 3.05) is 0 Å². The van der Waals surface area contributed by atoms with Gasteiger partial charge in [-0.15, -0.1) is 0 Å². The molecule has 4 aromatic carbocycles. The summed E-state index contributed by atoms with van der Waals surface area (Å²) < 4.78 is 48.8. The predicted molar refractivity (Wildman–Crippen MR) is 130 cm³/mol. The molecule has 7 heteroatoms. The molecule has 0 aromatic heterocycles. The highest BCUT2D eigenvalue weighted by Gasteiger charge is 2.18. The van der Waals surface area contributed by atoms with Crippen LogP contribution in [0.3, 0.4) is 0 Å². The number of benzene rings is 4. The Hall–Kier alpha value is -4.10. The van der Waals surface area contributed by atoms with Gasteiger partial charge in [-0.25, -0.2) is 18.0 Å². The first-order valence-corrected chi connectivity index (χ1v) is 11.4. The molecule has 2 N–H and O–H groups in total. The Balaban J connectivity index is 1.54. The van der Waals surface area contributed by atoms with E-state index in [4.69, 9.17) is 4.74 Å². The van der Waals surface area contributed by atoms with Crippen LogP contribution in [0.2, 0.25) is 0 Å². The monoisotopic (exact) mass is 492 g/mol. The lowest BCUT2D eigenvalue weighted by Gasteiger charge is -2.12. The van der Waals surface area contributed by atoms with Gasteiger partial charge in [0, 0.05) is 17.2 Å². The van der Waals surface area contributed by atoms with Crippen molar-refractivity contribution in [3.63, 3.8) is 0 Å². The van der Waals surface area contributed by atoms with E-state index in [1.165, 1.54) is 42.5 Å². The SMILES string of the molecule is CCCC(O)c1ccc(-c2ccc(-c3ccc(C(=O)Oc4ccc(O)cc4F)cc3)c(F)c2F)cc1. The molecular weight excluding hydrogens is 469 g/mol. The molecule has 36 heavy (non-hydrogen) atoms. The number of aliphatic hydroxyl groups excluding tert-OH is 1. The summed E-state index contributed by atoms with van der Waals surface area (Å²) in [4.78, 5) is 12.3. The summed E-state index contributed by atoms with van der Waals surface area (Å²) in [5.41, 5.74) is 1.70. The van der Waals surface area contributed by atoms with Gasteiger partial charge in [0.25, 0.3) is 0 Å². The third-order valence-corrected chi connectivity index (χ3v) is 5.80. The number of phenols is 1. The van der Waals surface area contributed by atoms with E-state index in [1.807, 2.05) is 6.92 Å². The number of hydrogen-bond acceptors (Lipinski definition) is 4. The maximum atomic E-state index is 15.0. The molecule has 4 rings (SSSR count). The Morgan fingerprint density at radius 3 is 1.92 bits per heavy atom. The van der Waals surface area contributed by atoms with E-state index >= 15 is 0 Å². The number of ether oxygens (including phenoxy) is 1. The van der Waals surface area contributed by atoms with Crippen LogP contribution in [0.4, 0.5) is 13.2 Å². The molecule has 0 bridgehead atoms. The average Bonchev–Trinajstić information content (AvgIpc) is 2.88. The number of esters is 1. The predicted octanol–water partition coefficient (Wildman–Crippen LogP) is 7.20. The van der Waals surface area contributed by atoms with E-state index in [1.54, 1.807) is 24.3 Å². The van der Waals surface area contributed by atoms with E-state index in [9.17, 15) is 28.2 Å². The largest absolute Gasteiger partial charge is 0.508 e. The Bertz CT molecular complexity index is 1380. The van der Waals surface area contributed by atoms with Crippen LogP contribution in [0.5, 0.6) is 11.5 Å². The van der Waals surface area contributed by atoms with E-state index < -0.39 is 29.5 Å². The highest BCUT2D eigenvalue weighted by atomic mass is 19.2. The minimum atomic E-state index is -1.04. The first kappa shape index (κ1) is 25.0. The van der Waals surface area contributed by atoms with Crippen LogP contribution >= 0.6 is 0 Å². The van der Waals surface area contributed by atoms with E-state index in [0.717, 1.165) is 18.6 Å².